The van der Waals surface area contributed by atoms with E-state index in [2.05, 4.69) is 9.71 Å². The van der Waals surface area contributed by atoms with Crippen molar-refractivity contribution in [1.29, 1.82) is 0 Å². The molecule has 224 valence electrons. The van der Waals surface area contributed by atoms with Crippen molar-refractivity contribution < 1.29 is 31.1 Å². The molecule has 1 amide bonds. The molecule has 0 aliphatic carbocycles. The number of aromatic nitrogens is 1. The summed E-state index contributed by atoms with van der Waals surface area (Å²) in [6.45, 7) is 2.87. The molecule has 0 spiro atoms. The largest absolute Gasteiger partial charge is 0.439 e. The summed E-state index contributed by atoms with van der Waals surface area (Å²) >= 11 is 0. The van der Waals surface area contributed by atoms with Gasteiger partial charge in [0.05, 0.1) is 17.0 Å². The third-order valence-electron chi connectivity index (χ3n) is 7.37. The van der Waals surface area contributed by atoms with Gasteiger partial charge in [0.15, 0.2) is 0 Å². The Morgan fingerprint density at radius 2 is 1.67 bits per heavy atom. The van der Waals surface area contributed by atoms with Crippen molar-refractivity contribution >= 4 is 21.6 Å². The molecule has 3 aromatic carbocycles. The van der Waals surface area contributed by atoms with Gasteiger partial charge in [-0.3, -0.25) is 9.52 Å². The van der Waals surface area contributed by atoms with Crippen LogP contribution in [-0.4, -0.2) is 37.3 Å². The van der Waals surface area contributed by atoms with Crippen LogP contribution in [0.3, 0.4) is 0 Å². The van der Waals surface area contributed by atoms with Crippen molar-refractivity contribution in [2.24, 2.45) is 0 Å². The van der Waals surface area contributed by atoms with Crippen LogP contribution in [0, 0.1) is 6.92 Å². The normalized spacial score (nSPS) is 14.4. The summed E-state index contributed by atoms with van der Waals surface area (Å²) < 4.78 is 72.0. The van der Waals surface area contributed by atoms with Crippen molar-refractivity contribution in [3.63, 3.8) is 0 Å². The Morgan fingerprint density at radius 1 is 0.977 bits per heavy atom. The number of amides is 1. The number of carbonyl (C=O) groups is 1. The number of benzene rings is 3. The summed E-state index contributed by atoms with van der Waals surface area (Å²) in [6, 6.07) is 23.4. The molecular weight excluding hydrogens is 579 g/mol. The lowest BCUT2D eigenvalue weighted by Gasteiger charge is -2.32. The zero-order valence-corrected chi connectivity index (χ0v) is 24.2. The van der Waals surface area contributed by atoms with E-state index in [-0.39, 0.29) is 23.5 Å². The number of alkyl halides is 3. The van der Waals surface area contributed by atoms with Crippen molar-refractivity contribution in [1.82, 2.24) is 9.88 Å². The van der Waals surface area contributed by atoms with E-state index in [0.29, 0.717) is 41.2 Å². The topological polar surface area (TPSA) is 88.6 Å². The second-order valence-electron chi connectivity index (χ2n) is 10.5. The van der Waals surface area contributed by atoms with Crippen LogP contribution in [0.5, 0.6) is 11.6 Å². The average Bonchev–Trinajstić information content (AvgIpc) is 2.98. The van der Waals surface area contributed by atoms with Gasteiger partial charge in [-0.15, -0.1) is 0 Å². The summed E-state index contributed by atoms with van der Waals surface area (Å²) in [5, 5.41) is 0. The molecule has 0 radical (unpaired) electrons. The number of sulfonamides is 1. The SMILES string of the molecule is Cc1ccc(C(=O)N2CCC(c3ccc(Oc4ccc(C(F)(F)F)cn4)cc3)CC2)cc1NS(=O)(=O)Cc1ccccc1. The molecule has 11 heteroatoms. The van der Waals surface area contributed by atoms with Crippen LogP contribution >= 0.6 is 0 Å². The summed E-state index contributed by atoms with van der Waals surface area (Å²) in [7, 11) is -3.67. The minimum absolute atomic E-state index is 0.0656. The summed E-state index contributed by atoms with van der Waals surface area (Å²) in [5.41, 5.74) is 2.41. The van der Waals surface area contributed by atoms with Crippen LogP contribution < -0.4 is 9.46 Å². The molecule has 1 aromatic heterocycles. The summed E-state index contributed by atoms with van der Waals surface area (Å²) in [5.74, 6) is 0.419. The number of nitrogens with zero attached hydrogens (tertiary/aromatic N) is 2. The molecule has 1 saturated heterocycles. The molecule has 4 aromatic rings. The van der Waals surface area contributed by atoms with E-state index in [9.17, 15) is 26.4 Å². The molecule has 2 heterocycles. The number of carbonyl (C=O) groups excluding carboxylic acids is 1. The first-order valence-electron chi connectivity index (χ1n) is 13.7. The maximum Gasteiger partial charge on any atom is 0.417 e. The van der Waals surface area contributed by atoms with Gasteiger partial charge in [-0.2, -0.15) is 13.2 Å². The van der Waals surface area contributed by atoms with Crippen LogP contribution in [0.4, 0.5) is 18.9 Å². The van der Waals surface area contributed by atoms with Gasteiger partial charge in [0.2, 0.25) is 15.9 Å². The van der Waals surface area contributed by atoms with Crippen molar-refractivity contribution in [2.75, 3.05) is 17.8 Å². The van der Waals surface area contributed by atoms with Crippen LogP contribution in [0.1, 0.15) is 51.4 Å². The van der Waals surface area contributed by atoms with E-state index in [0.717, 1.165) is 30.7 Å². The standard InChI is InChI=1S/C32H30F3N3O4S/c1-22-7-8-26(19-29(22)37-43(40,41)21-23-5-3-2-4-6-23)31(39)38-17-15-25(16-18-38)24-9-12-28(13-10-24)42-30-14-11-27(20-36-30)32(33,34)35/h2-14,19-20,25,37H,15-18,21H2,1H3. The number of anilines is 1. The molecule has 0 unspecified atom stereocenters. The molecular formula is C32H30F3N3O4S. The van der Waals surface area contributed by atoms with Crippen LogP contribution in [0.25, 0.3) is 0 Å². The highest BCUT2D eigenvalue weighted by Gasteiger charge is 2.31. The molecule has 1 aliphatic rings. The number of pyridine rings is 1. The van der Waals surface area contributed by atoms with Crippen molar-refractivity contribution in [3.05, 3.63) is 119 Å². The summed E-state index contributed by atoms with van der Waals surface area (Å²) in [4.78, 5) is 18.8. The van der Waals surface area contributed by atoms with Gasteiger partial charge in [0.1, 0.15) is 5.75 Å². The van der Waals surface area contributed by atoms with E-state index in [4.69, 9.17) is 4.74 Å². The third kappa shape index (κ3) is 7.72. The van der Waals surface area contributed by atoms with Gasteiger partial charge in [0, 0.05) is 30.9 Å². The quantitative estimate of drug-likeness (QED) is 0.229. The maximum absolute atomic E-state index is 13.3. The highest BCUT2D eigenvalue weighted by Crippen LogP contribution is 2.32. The minimum atomic E-state index is -4.46. The summed E-state index contributed by atoms with van der Waals surface area (Å²) in [6.07, 6.45) is -2.23. The van der Waals surface area contributed by atoms with Gasteiger partial charge < -0.3 is 9.64 Å². The Hall–Kier alpha value is -4.38. The predicted octanol–water partition coefficient (Wildman–Crippen LogP) is 7.16. The molecule has 1 aliphatic heterocycles. The van der Waals surface area contributed by atoms with E-state index in [1.54, 1.807) is 66.4 Å². The van der Waals surface area contributed by atoms with E-state index in [1.165, 1.54) is 6.07 Å². The Morgan fingerprint density at radius 3 is 2.30 bits per heavy atom. The number of aryl methyl sites for hydroxylation is 1. The molecule has 0 bridgehead atoms. The van der Waals surface area contributed by atoms with Crippen molar-refractivity contribution in [3.8, 4) is 11.6 Å². The van der Waals surface area contributed by atoms with Gasteiger partial charge in [-0.1, -0.05) is 48.5 Å². The minimum Gasteiger partial charge on any atom is -0.439 e. The maximum atomic E-state index is 13.3. The number of hydrogen-bond acceptors (Lipinski definition) is 5. The lowest BCUT2D eigenvalue weighted by Crippen LogP contribution is -2.38. The van der Waals surface area contributed by atoms with E-state index in [1.807, 2.05) is 18.2 Å². The fraction of sp³-hybridized carbons (Fsp3) is 0.250. The van der Waals surface area contributed by atoms with E-state index >= 15 is 0 Å². The fourth-order valence-electron chi connectivity index (χ4n) is 5.00. The monoisotopic (exact) mass is 609 g/mol. The Kier molecular flexibility index (Phi) is 8.72. The lowest BCUT2D eigenvalue weighted by molar-refractivity contribution is -0.137. The van der Waals surface area contributed by atoms with Crippen LogP contribution in [-0.2, 0) is 22.0 Å². The number of rotatable bonds is 8. The highest BCUT2D eigenvalue weighted by molar-refractivity contribution is 7.91. The number of halogens is 3. The Labute approximate surface area is 248 Å². The average molecular weight is 610 g/mol. The number of nitrogens with one attached hydrogen (secondary N) is 1. The molecule has 1 fully saturated rings. The zero-order chi connectivity index (χ0) is 30.6. The second kappa shape index (κ2) is 12.5. The molecule has 7 nitrogen and oxygen atoms in total. The van der Waals surface area contributed by atoms with Crippen LogP contribution in [0.2, 0.25) is 0 Å². The first kappa shape index (κ1) is 30.1. The smallest absolute Gasteiger partial charge is 0.417 e. The lowest BCUT2D eigenvalue weighted by atomic mass is 9.89. The number of ether oxygens (including phenoxy) is 1. The van der Waals surface area contributed by atoms with Gasteiger partial charge in [-0.25, -0.2) is 13.4 Å². The van der Waals surface area contributed by atoms with Gasteiger partial charge in [-0.05, 0) is 72.7 Å². The Bertz CT molecular complexity index is 1670. The first-order chi connectivity index (χ1) is 20.5. The van der Waals surface area contributed by atoms with Crippen LogP contribution in [0.15, 0.2) is 91.1 Å². The predicted molar refractivity (Wildman–Crippen MR) is 158 cm³/mol. The zero-order valence-electron chi connectivity index (χ0n) is 23.3. The third-order valence-corrected chi connectivity index (χ3v) is 8.61. The van der Waals surface area contributed by atoms with Gasteiger partial charge >= 0.3 is 6.18 Å². The number of hydrogen-bond donors (Lipinski definition) is 1. The van der Waals surface area contributed by atoms with Crippen molar-refractivity contribution in [2.45, 2.75) is 37.6 Å². The van der Waals surface area contributed by atoms with Gasteiger partial charge in [0.25, 0.3) is 5.91 Å². The molecule has 5 rings (SSSR count). The molecule has 0 atom stereocenters. The second-order valence-corrected chi connectivity index (χ2v) is 12.2. The Balaban J connectivity index is 1.17. The van der Waals surface area contributed by atoms with E-state index < -0.39 is 21.8 Å². The fourth-order valence-corrected chi connectivity index (χ4v) is 6.26. The first-order valence-corrected chi connectivity index (χ1v) is 15.4. The highest BCUT2D eigenvalue weighted by atomic mass is 32.2. The number of likely N-dealkylation sites (tertiary alicyclic amines) is 1. The molecule has 43 heavy (non-hydrogen) atoms. The molecule has 1 N–H and O–H groups in total. The number of piperidine rings is 1. The molecule has 0 saturated carbocycles.